The molecule has 2 aliphatic rings. The molecule has 0 unspecified atom stereocenters. The molecule has 0 fully saturated rings. The van der Waals surface area contributed by atoms with Crippen molar-refractivity contribution in [3.05, 3.63) is 86.6 Å². The Bertz CT molecular complexity index is 1260. The van der Waals surface area contributed by atoms with Crippen LogP contribution in [0.15, 0.2) is 54.6 Å². The van der Waals surface area contributed by atoms with Gasteiger partial charge in [0.2, 0.25) is 0 Å². The Balaban J connectivity index is 1.85. The molecular weight excluding hydrogens is 328 g/mol. The molecule has 0 atom stereocenters. The number of hydrogen-bond donors (Lipinski definition) is 0. The van der Waals surface area contributed by atoms with Crippen LogP contribution in [0.3, 0.4) is 0 Å². The molecule has 3 aromatic rings. The number of benzene rings is 3. The highest BCUT2D eigenvalue weighted by Crippen LogP contribution is 2.24. The van der Waals surface area contributed by atoms with Gasteiger partial charge in [0, 0.05) is 0 Å². The Morgan fingerprint density at radius 3 is 2.56 bits per heavy atom. The minimum Gasteiger partial charge on any atom is -0.497 e. The maximum Gasteiger partial charge on any atom is 0.119 e. The fraction of sp³-hybridized carbons (Fsp3) is 0.231. The molecule has 0 bridgehead atoms. The fourth-order valence-corrected chi connectivity index (χ4v) is 4.80. The van der Waals surface area contributed by atoms with Gasteiger partial charge >= 0.3 is 0 Å². The Morgan fingerprint density at radius 2 is 1.67 bits per heavy atom. The van der Waals surface area contributed by atoms with Crippen molar-refractivity contribution in [3.8, 4) is 16.9 Å². The first-order valence-corrected chi connectivity index (χ1v) is 9.85. The third-order valence-corrected chi connectivity index (χ3v) is 6.16. The zero-order chi connectivity index (χ0) is 18.4. The van der Waals surface area contributed by atoms with Crippen LogP contribution in [0.25, 0.3) is 22.8 Å². The minimum atomic E-state index is 0.904. The third-order valence-electron chi connectivity index (χ3n) is 6.16. The number of rotatable bonds is 2. The lowest BCUT2D eigenvalue weighted by Crippen LogP contribution is -2.22. The summed E-state index contributed by atoms with van der Waals surface area (Å²) in [6.07, 6.45) is 7.20. The number of fused-ring (bicyclic) bond motifs is 4. The van der Waals surface area contributed by atoms with Gasteiger partial charge in [-0.2, -0.15) is 0 Å². The van der Waals surface area contributed by atoms with Gasteiger partial charge in [-0.05, 0) is 87.9 Å². The molecule has 0 amide bonds. The summed E-state index contributed by atoms with van der Waals surface area (Å²) in [6, 6.07) is 19.8. The Kier molecular flexibility index (Phi) is 3.89. The highest BCUT2D eigenvalue weighted by molar-refractivity contribution is 5.68. The SMILES string of the molecule is COc1cccc(-c2cccc3c2=CCc2c4c(ccc2=3)=C(C)CCC4)c1. The summed E-state index contributed by atoms with van der Waals surface area (Å²) in [5, 5.41) is 5.64. The standard InChI is InChI=1S/C26H24O/c1-17-6-3-10-22-20(17)12-13-26-23-11-5-9-21(24(23)14-15-25(22)26)18-7-4-8-19(16-18)27-2/h4-5,7-9,11-14,16H,3,6,10,15H2,1-2H3. The minimum absolute atomic E-state index is 0.904. The summed E-state index contributed by atoms with van der Waals surface area (Å²) in [5.74, 6) is 0.904. The van der Waals surface area contributed by atoms with Gasteiger partial charge in [-0.15, -0.1) is 0 Å². The van der Waals surface area contributed by atoms with Gasteiger partial charge < -0.3 is 4.74 Å². The smallest absolute Gasteiger partial charge is 0.119 e. The number of hydrogen-bond acceptors (Lipinski definition) is 1. The second kappa shape index (κ2) is 6.42. The molecule has 1 nitrogen and oxygen atoms in total. The zero-order valence-electron chi connectivity index (χ0n) is 16.0. The Morgan fingerprint density at radius 1 is 0.815 bits per heavy atom. The molecule has 0 saturated carbocycles. The van der Waals surface area contributed by atoms with Crippen molar-refractivity contribution in [2.24, 2.45) is 0 Å². The first-order valence-electron chi connectivity index (χ1n) is 9.85. The molecule has 0 aliphatic heterocycles. The Labute approximate surface area is 159 Å². The van der Waals surface area contributed by atoms with E-state index >= 15 is 0 Å². The van der Waals surface area contributed by atoms with E-state index in [0.29, 0.717) is 0 Å². The molecule has 27 heavy (non-hydrogen) atoms. The van der Waals surface area contributed by atoms with Crippen LogP contribution < -0.4 is 15.2 Å². The third kappa shape index (κ3) is 2.61. The monoisotopic (exact) mass is 352 g/mol. The average molecular weight is 352 g/mol. The van der Waals surface area contributed by atoms with E-state index < -0.39 is 0 Å². The van der Waals surface area contributed by atoms with Crippen LogP contribution in [0, 0.1) is 10.4 Å². The highest BCUT2D eigenvalue weighted by atomic mass is 16.5. The summed E-state index contributed by atoms with van der Waals surface area (Å²) < 4.78 is 5.44. The summed E-state index contributed by atoms with van der Waals surface area (Å²) >= 11 is 0. The fourth-order valence-electron chi connectivity index (χ4n) is 4.80. The van der Waals surface area contributed by atoms with E-state index in [9.17, 15) is 0 Å². The van der Waals surface area contributed by atoms with Crippen molar-refractivity contribution >= 4 is 11.6 Å². The zero-order valence-corrected chi connectivity index (χ0v) is 16.0. The molecule has 3 aromatic carbocycles. The van der Waals surface area contributed by atoms with Gasteiger partial charge in [0.15, 0.2) is 0 Å². The van der Waals surface area contributed by atoms with E-state index in [2.05, 4.69) is 61.5 Å². The molecule has 2 aliphatic carbocycles. The largest absolute Gasteiger partial charge is 0.497 e. The van der Waals surface area contributed by atoms with E-state index in [1.807, 2.05) is 6.07 Å². The van der Waals surface area contributed by atoms with Crippen LogP contribution >= 0.6 is 0 Å². The molecule has 0 saturated heterocycles. The van der Waals surface area contributed by atoms with E-state index in [0.717, 1.165) is 12.2 Å². The van der Waals surface area contributed by atoms with Gasteiger partial charge in [0.1, 0.15) is 5.75 Å². The lowest BCUT2D eigenvalue weighted by molar-refractivity contribution is 0.415. The second-order valence-corrected chi connectivity index (χ2v) is 7.66. The lowest BCUT2D eigenvalue weighted by Gasteiger charge is -2.19. The summed E-state index contributed by atoms with van der Waals surface area (Å²) in [7, 11) is 1.73. The highest BCUT2D eigenvalue weighted by Gasteiger charge is 2.14. The lowest BCUT2D eigenvalue weighted by atomic mass is 9.85. The predicted molar refractivity (Wildman–Crippen MR) is 112 cm³/mol. The van der Waals surface area contributed by atoms with E-state index in [-0.39, 0.29) is 0 Å². The molecule has 0 radical (unpaired) electrons. The van der Waals surface area contributed by atoms with Gasteiger partial charge in [0.25, 0.3) is 0 Å². The topological polar surface area (TPSA) is 9.23 Å². The first kappa shape index (κ1) is 16.4. The molecule has 1 heteroatoms. The van der Waals surface area contributed by atoms with Crippen LogP contribution in [-0.4, -0.2) is 7.11 Å². The normalized spacial score (nSPS) is 14.7. The van der Waals surface area contributed by atoms with Crippen molar-refractivity contribution in [2.75, 3.05) is 7.11 Å². The maximum absolute atomic E-state index is 5.44. The summed E-state index contributed by atoms with van der Waals surface area (Å²) in [4.78, 5) is 0. The van der Waals surface area contributed by atoms with Crippen molar-refractivity contribution in [3.63, 3.8) is 0 Å². The molecule has 0 aromatic heterocycles. The van der Waals surface area contributed by atoms with E-state index in [1.54, 1.807) is 23.8 Å². The number of methoxy groups -OCH3 is 1. The quantitative estimate of drug-likeness (QED) is 0.660. The molecule has 5 rings (SSSR count). The van der Waals surface area contributed by atoms with Crippen LogP contribution in [0.4, 0.5) is 0 Å². The van der Waals surface area contributed by atoms with Crippen molar-refractivity contribution in [1.82, 2.24) is 0 Å². The Hall–Kier alpha value is -2.80. The molecule has 0 N–H and O–H groups in total. The van der Waals surface area contributed by atoms with Gasteiger partial charge in [-0.3, -0.25) is 0 Å². The number of ether oxygens (including phenoxy) is 1. The van der Waals surface area contributed by atoms with Gasteiger partial charge in [-0.25, -0.2) is 0 Å². The molecule has 0 spiro atoms. The van der Waals surface area contributed by atoms with Gasteiger partial charge in [0.05, 0.1) is 7.11 Å². The van der Waals surface area contributed by atoms with E-state index in [1.165, 1.54) is 51.3 Å². The van der Waals surface area contributed by atoms with E-state index in [4.69, 9.17) is 4.74 Å². The molecular formula is C26H24O. The maximum atomic E-state index is 5.44. The first-order chi connectivity index (χ1) is 13.3. The van der Waals surface area contributed by atoms with Crippen LogP contribution in [0.2, 0.25) is 0 Å². The second-order valence-electron chi connectivity index (χ2n) is 7.66. The average Bonchev–Trinajstić information content (AvgIpc) is 2.73. The molecule has 0 heterocycles. The van der Waals surface area contributed by atoms with Crippen LogP contribution in [0.1, 0.15) is 30.9 Å². The van der Waals surface area contributed by atoms with Crippen molar-refractivity contribution < 1.29 is 4.74 Å². The summed E-state index contributed by atoms with van der Waals surface area (Å²) in [6.45, 7) is 2.30. The molecule has 134 valence electrons. The van der Waals surface area contributed by atoms with Crippen LogP contribution in [-0.2, 0) is 12.8 Å². The van der Waals surface area contributed by atoms with Crippen molar-refractivity contribution in [1.29, 1.82) is 0 Å². The van der Waals surface area contributed by atoms with Crippen molar-refractivity contribution in [2.45, 2.75) is 32.6 Å². The van der Waals surface area contributed by atoms with Crippen LogP contribution in [0.5, 0.6) is 5.75 Å². The van der Waals surface area contributed by atoms with Gasteiger partial charge in [-0.1, -0.05) is 54.1 Å². The summed E-state index contributed by atoms with van der Waals surface area (Å²) in [5.41, 5.74) is 7.19. The predicted octanol–water partition coefficient (Wildman–Crippen LogP) is 4.49.